The van der Waals surface area contributed by atoms with Gasteiger partial charge >= 0.3 is 7.32 Å². The van der Waals surface area contributed by atoms with Crippen LogP contribution >= 0.6 is 0 Å². The smallest absolute Gasteiger partial charge is 0.402 e. The molecule has 1 aliphatic rings. The number of unbranched alkanes of at least 4 members (excludes halogenated alkanes) is 1. The molecular weight excluding hydrogens is 259 g/mol. The molecule has 0 radical (unpaired) electrons. The molecule has 0 unspecified atom stereocenters. The second kappa shape index (κ2) is 18.4. The second-order valence-corrected chi connectivity index (χ2v) is 3.21. The summed E-state index contributed by atoms with van der Waals surface area (Å²) < 4.78 is 0. The van der Waals surface area contributed by atoms with Crippen molar-refractivity contribution in [2.24, 2.45) is 0 Å². The molecule has 0 spiro atoms. The van der Waals surface area contributed by atoms with Gasteiger partial charge in [-0.1, -0.05) is 13.3 Å². The molecule has 18 heavy (non-hydrogen) atoms. The molecule has 0 aromatic carbocycles. The van der Waals surface area contributed by atoms with Crippen LogP contribution in [-0.4, -0.2) is 52.5 Å². The Hall–Kier alpha value is -0.995. The van der Waals surface area contributed by atoms with Crippen LogP contribution in [0.5, 0.6) is 0 Å². The molecule has 1 rings (SSSR count). The fourth-order valence-electron chi connectivity index (χ4n) is 1.10. The molecule has 0 atom stereocenters. The zero-order chi connectivity index (χ0) is 11.0. The van der Waals surface area contributed by atoms with Gasteiger partial charge in [0.15, 0.2) is 0 Å². The minimum absolute atomic E-state index is 0. The Morgan fingerprint density at radius 1 is 1.06 bits per heavy atom. The Morgan fingerprint density at radius 3 is 1.78 bits per heavy atom. The number of rotatable bonds is 3. The first kappa shape index (κ1) is 30.2. The van der Waals surface area contributed by atoms with E-state index in [0.29, 0.717) is 0 Å². The molecule has 1 heterocycles. The van der Waals surface area contributed by atoms with Gasteiger partial charge in [-0.05, 0) is 6.42 Å². The van der Waals surface area contributed by atoms with E-state index in [2.05, 4.69) is 36.2 Å². The van der Waals surface area contributed by atoms with Gasteiger partial charge in [-0.2, -0.15) is 0 Å². The molecular formula is C8H23BF4N2O3. The molecule has 0 aromatic heterocycles. The van der Waals surface area contributed by atoms with Crippen molar-refractivity contribution in [3.05, 3.63) is 12.4 Å². The van der Waals surface area contributed by atoms with Gasteiger partial charge in [0.2, 0.25) is 0 Å². The zero-order valence-electron chi connectivity index (χ0n) is 10.4. The molecule has 0 aliphatic carbocycles. The Labute approximate surface area is 104 Å². The molecule has 0 saturated heterocycles. The topological polar surface area (TPSA) is 67.2 Å². The van der Waals surface area contributed by atoms with Crippen LogP contribution in [-0.2, 0) is 0 Å². The van der Waals surface area contributed by atoms with Gasteiger partial charge in [-0.25, -0.2) is 0 Å². The van der Waals surface area contributed by atoms with E-state index in [4.69, 9.17) is 15.1 Å². The lowest BCUT2D eigenvalue weighted by Crippen LogP contribution is -2.23. The first-order valence-electron chi connectivity index (χ1n) is 4.73. The monoisotopic (exact) mass is 282 g/mol. The van der Waals surface area contributed by atoms with Gasteiger partial charge < -0.3 is 24.9 Å². The lowest BCUT2D eigenvalue weighted by molar-refractivity contribution is 0.278. The largest absolute Gasteiger partial charge is 0.631 e. The molecule has 0 aromatic rings. The summed E-state index contributed by atoms with van der Waals surface area (Å²) in [6.07, 6.45) is 6.87. The van der Waals surface area contributed by atoms with Crippen LogP contribution < -0.4 is 0 Å². The number of halogens is 4. The summed E-state index contributed by atoms with van der Waals surface area (Å²) in [7, 11) is -0.0670. The number of hydrogen-bond donors (Lipinski definition) is 3. The van der Waals surface area contributed by atoms with Crippen LogP contribution in [0, 0.1) is 0 Å². The molecule has 0 fully saturated rings. The third kappa shape index (κ3) is 20.4. The predicted octanol–water partition coefficient (Wildman–Crippen LogP) is 0.0208. The average Bonchev–Trinajstić information content (AvgIpc) is 2.47. The fourth-order valence-corrected chi connectivity index (χ4v) is 1.10. The van der Waals surface area contributed by atoms with Gasteiger partial charge in [0, 0.05) is 26.0 Å². The van der Waals surface area contributed by atoms with E-state index in [1.807, 2.05) is 0 Å². The van der Waals surface area contributed by atoms with E-state index < -0.39 is 7.32 Å². The van der Waals surface area contributed by atoms with Crippen LogP contribution in [0.3, 0.4) is 0 Å². The van der Waals surface area contributed by atoms with E-state index in [-0.39, 0.29) is 18.8 Å². The van der Waals surface area contributed by atoms with E-state index >= 15 is 0 Å². The van der Waals surface area contributed by atoms with Crippen LogP contribution in [0.1, 0.15) is 19.8 Å². The van der Waals surface area contributed by atoms with E-state index in [1.165, 1.54) is 19.4 Å². The Bertz CT molecular complexity index is 178. The van der Waals surface area contributed by atoms with Crippen LogP contribution in [0.25, 0.3) is 0 Å². The normalized spacial score (nSPS) is 10.9. The third-order valence-electron chi connectivity index (χ3n) is 1.74. The number of nitrogens with zero attached hydrogens (tertiary/aromatic N) is 2. The summed E-state index contributed by atoms with van der Waals surface area (Å²) in [5, 5.41) is 21.5. The number of hydrogen-bond acceptors (Lipinski definition) is 5. The summed E-state index contributed by atoms with van der Waals surface area (Å²) in [5.41, 5.74) is 0. The van der Waals surface area contributed by atoms with Gasteiger partial charge in [-0.15, -0.1) is 0 Å². The van der Waals surface area contributed by atoms with Crippen molar-refractivity contribution in [3.63, 3.8) is 0 Å². The summed E-state index contributed by atoms with van der Waals surface area (Å²) in [5.74, 6) is 0. The van der Waals surface area contributed by atoms with E-state index in [1.54, 1.807) is 0 Å². The summed E-state index contributed by atoms with van der Waals surface area (Å²) >= 11 is 0. The first-order chi connectivity index (χ1) is 6.56. The van der Waals surface area contributed by atoms with Crippen molar-refractivity contribution in [1.29, 1.82) is 0 Å². The molecule has 1 aliphatic heterocycles. The van der Waals surface area contributed by atoms with Crippen molar-refractivity contribution in [3.8, 4) is 0 Å². The minimum atomic E-state index is -2.17. The van der Waals surface area contributed by atoms with Crippen molar-refractivity contribution in [2.75, 3.05) is 20.3 Å². The predicted molar refractivity (Wildman–Crippen MR) is 65.8 cm³/mol. The maximum atomic E-state index is 7.17. The highest BCUT2D eigenvalue weighted by Crippen LogP contribution is 2.04. The Kier molecular flexibility index (Phi) is 30.8. The maximum Gasteiger partial charge on any atom is 0.631 e. The third-order valence-corrected chi connectivity index (χ3v) is 1.74. The highest BCUT2D eigenvalue weighted by atomic mass is 19.0. The Balaban J connectivity index is -0.0000000635. The minimum Gasteiger partial charge on any atom is -0.402 e. The molecule has 0 bridgehead atoms. The molecule has 0 amide bonds. The van der Waals surface area contributed by atoms with Crippen LogP contribution in [0.4, 0.5) is 18.8 Å². The van der Waals surface area contributed by atoms with E-state index in [0.717, 1.165) is 6.67 Å². The molecule has 5 nitrogen and oxygen atoms in total. The fraction of sp³-hybridized carbons (Fsp3) is 0.750. The lowest BCUT2D eigenvalue weighted by atomic mass is 10.3. The first-order valence-corrected chi connectivity index (χ1v) is 4.73. The van der Waals surface area contributed by atoms with Gasteiger partial charge in [0.1, 0.15) is 0 Å². The van der Waals surface area contributed by atoms with Gasteiger partial charge in [-0.3, -0.25) is 18.8 Å². The second-order valence-electron chi connectivity index (χ2n) is 3.21. The highest BCUT2D eigenvalue weighted by Gasteiger charge is 2.05. The molecule has 114 valence electrons. The van der Waals surface area contributed by atoms with Gasteiger partial charge in [0.05, 0.1) is 6.67 Å². The van der Waals surface area contributed by atoms with E-state index in [9.17, 15) is 0 Å². The van der Waals surface area contributed by atoms with Crippen molar-refractivity contribution in [2.45, 2.75) is 19.8 Å². The average molecular weight is 282 g/mol. The molecule has 10 heteroatoms. The Morgan fingerprint density at radius 2 is 1.50 bits per heavy atom. The summed E-state index contributed by atoms with van der Waals surface area (Å²) in [6.45, 7) is 4.50. The molecule has 3 N–H and O–H groups in total. The van der Waals surface area contributed by atoms with Crippen molar-refractivity contribution >= 4 is 7.32 Å². The van der Waals surface area contributed by atoms with Crippen LogP contribution in [0.15, 0.2) is 12.4 Å². The maximum absolute atomic E-state index is 7.17. The highest BCUT2D eigenvalue weighted by molar-refractivity contribution is 6.30. The zero-order valence-corrected chi connectivity index (χ0v) is 10.4. The van der Waals surface area contributed by atoms with Gasteiger partial charge in [0.25, 0.3) is 0 Å². The standard InChI is InChI=1S/C8H16N2.BH3O3.4FH/c1-3-4-5-10-7-6-9(2)8-10;2-1(3)4;;;;/h6-7H,3-5,8H2,1-2H3;2-4H;4*1H. The summed E-state index contributed by atoms with van der Waals surface area (Å²) in [6, 6.07) is 0. The van der Waals surface area contributed by atoms with Crippen molar-refractivity contribution < 1.29 is 33.9 Å². The quantitative estimate of drug-likeness (QED) is 0.503. The molecule has 0 saturated carbocycles. The van der Waals surface area contributed by atoms with Crippen molar-refractivity contribution in [1.82, 2.24) is 9.80 Å². The summed E-state index contributed by atoms with van der Waals surface area (Å²) in [4.78, 5) is 4.53. The lowest BCUT2D eigenvalue weighted by Gasteiger charge is -2.17. The SMILES string of the molecule is CCCCN1C=CN(C)C1.F.F.F.F.OB(O)O. The van der Waals surface area contributed by atoms with Crippen LogP contribution in [0.2, 0.25) is 0 Å².